The molecule has 2 heterocycles. The first-order chi connectivity index (χ1) is 8.56. The third-order valence-corrected chi connectivity index (χ3v) is 5.99. The molecular formula is C8H13N5O3S2. The van der Waals surface area contributed by atoms with Gasteiger partial charge in [-0.1, -0.05) is 6.92 Å². The Balaban J connectivity index is 2.26. The Kier molecular flexibility index (Phi) is 3.85. The van der Waals surface area contributed by atoms with Crippen LogP contribution in [0, 0.1) is 0 Å². The van der Waals surface area contributed by atoms with Crippen molar-refractivity contribution < 1.29 is 13.2 Å². The van der Waals surface area contributed by atoms with E-state index < -0.39 is 21.1 Å². The predicted molar refractivity (Wildman–Crippen MR) is 65.8 cm³/mol. The van der Waals surface area contributed by atoms with Crippen molar-refractivity contribution in [3.05, 3.63) is 5.82 Å². The lowest BCUT2D eigenvalue weighted by Crippen LogP contribution is -2.50. The lowest BCUT2D eigenvalue weighted by molar-refractivity contribution is 0.0737. The lowest BCUT2D eigenvalue weighted by Gasteiger charge is -2.33. The lowest BCUT2D eigenvalue weighted by atomic mass is 10.4. The number of sulfone groups is 1. The molecule has 0 bridgehead atoms. The zero-order valence-corrected chi connectivity index (χ0v) is 11.4. The third-order valence-electron chi connectivity index (χ3n) is 2.70. The summed E-state index contributed by atoms with van der Waals surface area (Å²) in [5, 5.41) is 11.9. The number of nitrogens with one attached hydrogen (secondary N) is 1. The number of tetrazole rings is 1. The first-order valence-electron chi connectivity index (χ1n) is 5.40. The molecule has 1 unspecified atom stereocenters. The second-order valence-corrected chi connectivity index (χ2v) is 7.31. The number of rotatable bonds is 3. The van der Waals surface area contributed by atoms with Crippen molar-refractivity contribution in [2.45, 2.75) is 12.3 Å². The zero-order valence-electron chi connectivity index (χ0n) is 9.74. The maximum Gasteiger partial charge on any atom is 0.296 e. The van der Waals surface area contributed by atoms with Crippen molar-refractivity contribution in [3.63, 3.8) is 0 Å². The van der Waals surface area contributed by atoms with E-state index in [0.717, 1.165) is 0 Å². The summed E-state index contributed by atoms with van der Waals surface area (Å²) in [5.41, 5.74) is 0. The molecule has 1 aliphatic rings. The van der Waals surface area contributed by atoms with Gasteiger partial charge < -0.3 is 4.90 Å². The molecule has 18 heavy (non-hydrogen) atoms. The highest BCUT2D eigenvalue weighted by Crippen LogP contribution is 2.22. The van der Waals surface area contributed by atoms with Crippen LogP contribution in [0.15, 0.2) is 0 Å². The Morgan fingerprint density at radius 1 is 1.61 bits per heavy atom. The Labute approximate surface area is 108 Å². The fraction of sp³-hybridized carbons (Fsp3) is 0.750. The fourth-order valence-electron chi connectivity index (χ4n) is 1.68. The summed E-state index contributed by atoms with van der Waals surface area (Å²) >= 11 is 1.53. The van der Waals surface area contributed by atoms with E-state index in [4.69, 9.17) is 0 Å². The van der Waals surface area contributed by atoms with Gasteiger partial charge in [-0.25, -0.2) is 8.42 Å². The van der Waals surface area contributed by atoms with Crippen LogP contribution >= 0.6 is 11.8 Å². The zero-order chi connectivity index (χ0) is 13.2. The number of hydrogen-bond acceptors (Lipinski definition) is 7. The summed E-state index contributed by atoms with van der Waals surface area (Å²) in [6.45, 7) is 1.95. The molecule has 8 nitrogen and oxygen atoms in total. The van der Waals surface area contributed by atoms with Gasteiger partial charge >= 0.3 is 0 Å². The molecule has 1 fully saturated rings. The molecule has 2 rings (SSSR count). The van der Waals surface area contributed by atoms with Crippen LogP contribution in [-0.2, 0) is 9.84 Å². The molecule has 1 N–H and O–H groups in total. The molecule has 1 atom stereocenters. The number of thioether (sulfide) groups is 1. The summed E-state index contributed by atoms with van der Waals surface area (Å²) in [6.07, 6.45) is 0. The number of carbonyl (C=O) groups is 1. The number of nitrogens with zero attached hydrogens (tertiary/aromatic N) is 4. The molecule has 1 aliphatic heterocycles. The van der Waals surface area contributed by atoms with Gasteiger partial charge in [-0.2, -0.15) is 17.0 Å². The van der Waals surface area contributed by atoms with Crippen molar-refractivity contribution in [1.82, 2.24) is 25.5 Å². The van der Waals surface area contributed by atoms with Gasteiger partial charge in [-0.3, -0.25) is 4.79 Å². The first kappa shape index (κ1) is 13.3. The average Bonchev–Trinajstić information content (AvgIpc) is 2.92. The smallest absolute Gasteiger partial charge is 0.296 e. The van der Waals surface area contributed by atoms with Crippen LogP contribution in [0.4, 0.5) is 0 Å². The average molecular weight is 291 g/mol. The predicted octanol–water partition coefficient (Wildman–Crippen LogP) is -0.850. The van der Waals surface area contributed by atoms with Gasteiger partial charge in [-0.15, -0.1) is 10.2 Å². The van der Waals surface area contributed by atoms with Gasteiger partial charge in [0.25, 0.3) is 11.7 Å². The second kappa shape index (κ2) is 5.22. The van der Waals surface area contributed by atoms with Gasteiger partial charge in [0.05, 0.1) is 0 Å². The SMILES string of the molecule is CCS(=O)(=O)C1CSCCN1C(=O)c1nn[nH]n1. The van der Waals surface area contributed by atoms with Crippen LogP contribution in [0.5, 0.6) is 0 Å². The van der Waals surface area contributed by atoms with E-state index in [9.17, 15) is 13.2 Å². The first-order valence-corrected chi connectivity index (χ1v) is 8.27. The Morgan fingerprint density at radius 3 is 3.00 bits per heavy atom. The summed E-state index contributed by atoms with van der Waals surface area (Å²) in [6, 6.07) is 0. The summed E-state index contributed by atoms with van der Waals surface area (Å²) in [5.74, 6) is 0.511. The quantitative estimate of drug-likeness (QED) is 0.772. The topological polar surface area (TPSA) is 109 Å². The van der Waals surface area contributed by atoms with Gasteiger partial charge in [0.1, 0.15) is 5.37 Å². The van der Waals surface area contributed by atoms with Crippen LogP contribution < -0.4 is 0 Å². The highest BCUT2D eigenvalue weighted by atomic mass is 32.2. The second-order valence-electron chi connectivity index (χ2n) is 3.72. The Bertz CT molecular complexity index is 515. The molecule has 1 aromatic rings. The van der Waals surface area contributed by atoms with Crippen molar-refractivity contribution in [2.24, 2.45) is 0 Å². The molecule has 1 aromatic heterocycles. The summed E-state index contributed by atoms with van der Waals surface area (Å²) in [7, 11) is -3.31. The van der Waals surface area contributed by atoms with Gasteiger partial charge in [-0.05, 0) is 5.21 Å². The van der Waals surface area contributed by atoms with E-state index >= 15 is 0 Å². The van der Waals surface area contributed by atoms with Crippen LogP contribution in [0.2, 0.25) is 0 Å². The molecule has 10 heteroatoms. The van der Waals surface area contributed by atoms with E-state index in [0.29, 0.717) is 18.1 Å². The van der Waals surface area contributed by atoms with Crippen LogP contribution in [0.1, 0.15) is 17.5 Å². The van der Waals surface area contributed by atoms with Gasteiger partial charge in [0, 0.05) is 23.8 Å². The van der Waals surface area contributed by atoms with Crippen molar-refractivity contribution in [2.75, 3.05) is 23.8 Å². The number of hydrogen-bond donors (Lipinski definition) is 1. The number of carbonyl (C=O) groups excluding carboxylic acids is 1. The number of aromatic nitrogens is 4. The largest absolute Gasteiger partial charge is 0.317 e. The Hall–Kier alpha value is -1.16. The van der Waals surface area contributed by atoms with Crippen LogP contribution in [0.25, 0.3) is 0 Å². The van der Waals surface area contributed by atoms with E-state index in [1.165, 1.54) is 16.7 Å². The molecule has 0 radical (unpaired) electrons. The molecule has 1 saturated heterocycles. The molecule has 100 valence electrons. The summed E-state index contributed by atoms with van der Waals surface area (Å²) in [4.78, 5) is 13.4. The normalized spacial score (nSPS) is 20.9. The monoisotopic (exact) mass is 291 g/mol. The molecule has 0 spiro atoms. The Morgan fingerprint density at radius 2 is 2.39 bits per heavy atom. The maximum atomic E-state index is 12.1. The number of H-pyrrole nitrogens is 1. The van der Waals surface area contributed by atoms with Crippen molar-refractivity contribution in [1.29, 1.82) is 0 Å². The molecule has 0 saturated carbocycles. The highest BCUT2D eigenvalue weighted by molar-refractivity contribution is 8.01. The van der Waals surface area contributed by atoms with Crippen molar-refractivity contribution >= 4 is 27.5 Å². The standard InChI is InChI=1S/C8H13N5O3S2/c1-2-18(15,16)6-5-17-4-3-13(6)8(14)7-9-11-12-10-7/h6H,2-5H2,1H3,(H,9,10,11,12). The minimum absolute atomic E-state index is 0.00819. The van der Waals surface area contributed by atoms with Gasteiger partial charge in [0.15, 0.2) is 9.84 Å². The third kappa shape index (κ3) is 2.48. The molecule has 1 amide bonds. The van der Waals surface area contributed by atoms with Crippen LogP contribution in [0.3, 0.4) is 0 Å². The molecule has 0 aliphatic carbocycles. The van der Waals surface area contributed by atoms with Crippen molar-refractivity contribution in [3.8, 4) is 0 Å². The minimum atomic E-state index is -3.31. The molecular weight excluding hydrogens is 278 g/mol. The number of amides is 1. The van der Waals surface area contributed by atoms with E-state index in [1.807, 2.05) is 0 Å². The highest BCUT2D eigenvalue weighted by Gasteiger charge is 2.37. The van der Waals surface area contributed by atoms with E-state index in [1.54, 1.807) is 6.92 Å². The number of aromatic amines is 1. The minimum Gasteiger partial charge on any atom is -0.317 e. The van der Waals surface area contributed by atoms with E-state index in [2.05, 4.69) is 20.6 Å². The fourth-order valence-corrected chi connectivity index (χ4v) is 4.65. The van der Waals surface area contributed by atoms with E-state index in [-0.39, 0.29) is 11.6 Å². The van der Waals surface area contributed by atoms with Gasteiger partial charge in [0.2, 0.25) is 0 Å². The summed E-state index contributed by atoms with van der Waals surface area (Å²) < 4.78 is 23.9. The maximum absolute atomic E-state index is 12.1. The molecule has 0 aromatic carbocycles. The van der Waals surface area contributed by atoms with Crippen LogP contribution in [-0.4, -0.2) is 69.0 Å².